The standard InChI is InChI=1S/C25H32N4O4/c1-25(2,3)33-24(32)29-13-11-17(12-14-29)15-16-7-9-18(10-8-16)23(31)28-20-6-4-5-19(21(20)26)22(27)30/h4-10,17H,11-15,26H2,1-3H3,(H2,27,30)(H,28,31). The van der Waals surface area contributed by atoms with E-state index in [2.05, 4.69) is 5.32 Å². The Morgan fingerprint density at radius 2 is 1.70 bits per heavy atom. The SMILES string of the molecule is CC(C)(C)OC(=O)N1CCC(Cc2ccc(C(=O)Nc3cccc(C(N)=O)c3N)cc2)CC1. The lowest BCUT2D eigenvalue weighted by atomic mass is 9.90. The summed E-state index contributed by atoms with van der Waals surface area (Å²) in [4.78, 5) is 38.0. The number of nitrogen functional groups attached to an aromatic ring is 1. The molecule has 1 saturated heterocycles. The van der Waals surface area contributed by atoms with Gasteiger partial charge in [0.2, 0.25) is 0 Å². The third-order valence-electron chi connectivity index (χ3n) is 5.63. The molecule has 0 spiro atoms. The second kappa shape index (κ2) is 9.94. The normalized spacial score (nSPS) is 14.6. The lowest BCUT2D eigenvalue weighted by Gasteiger charge is -2.33. The number of piperidine rings is 1. The Balaban J connectivity index is 1.54. The molecule has 1 fully saturated rings. The molecule has 8 heteroatoms. The zero-order chi connectivity index (χ0) is 24.2. The van der Waals surface area contributed by atoms with E-state index in [1.54, 1.807) is 29.2 Å². The second-order valence-electron chi connectivity index (χ2n) is 9.40. The fourth-order valence-electron chi connectivity index (χ4n) is 3.86. The van der Waals surface area contributed by atoms with Crippen molar-refractivity contribution in [3.63, 3.8) is 0 Å². The monoisotopic (exact) mass is 452 g/mol. The van der Waals surface area contributed by atoms with Gasteiger partial charge in [0.1, 0.15) is 5.60 Å². The minimum Gasteiger partial charge on any atom is -0.444 e. The number of amides is 3. The number of ether oxygens (including phenoxy) is 1. The molecule has 1 heterocycles. The van der Waals surface area contributed by atoms with E-state index in [1.807, 2.05) is 32.9 Å². The zero-order valence-electron chi connectivity index (χ0n) is 19.4. The van der Waals surface area contributed by atoms with Gasteiger partial charge in [0, 0.05) is 18.7 Å². The molecule has 0 bridgehead atoms. The number of carbonyl (C=O) groups excluding carboxylic acids is 3. The molecule has 1 aliphatic rings. The highest BCUT2D eigenvalue weighted by atomic mass is 16.6. The number of likely N-dealkylation sites (tertiary alicyclic amines) is 1. The predicted molar refractivity (Wildman–Crippen MR) is 128 cm³/mol. The number of nitrogens with one attached hydrogen (secondary N) is 1. The molecule has 33 heavy (non-hydrogen) atoms. The minimum atomic E-state index is -0.648. The average Bonchev–Trinajstić information content (AvgIpc) is 2.74. The molecule has 3 rings (SSSR count). The van der Waals surface area contributed by atoms with Gasteiger partial charge in [-0.1, -0.05) is 18.2 Å². The maximum Gasteiger partial charge on any atom is 0.410 e. The summed E-state index contributed by atoms with van der Waals surface area (Å²) in [7, 11) is 0. The number of anilines is 2. The maximum atomic E-state index is 12.6. The van der Waals surface area contributed by atoms with E-state index in [0.717, 1.165) is 24.8 Å². The van der Waals surface area contributed by atoms with Crippen LogP contribution in [0.5, 0.6) is 0 Å². The highest BCUT2D eigenvalue weighted by Crippen LogP contribution is 2.25. The summed E-state index contributed by atoms with van der Waals surface area (Å²) in [6, 6.07) is 12.2. The summed E-state index contributed by atoms with van der Waals surface area (Å²) in [6.45, 7) is 6.98. The number of benzene rings is 2. The third kappa shape index (κ3) is 6.47. The van der Waals surface area contributed by atoms with E-state index in [9.17, 15) is 14.4 Å². The molecular weight excluding hydrogens is 420 g/mol. The molecule has 0 aliphatic carbocycles. The van der Waals surface area contributed by atoms with E-state index in [-0.39, 0.29) is 23.3 Å². The lowest BCUT2D eigenvalue weighted by Crippen LogP contribution is -2.42. The van der Waals surface area contributed by atoms with Crippen LogP contribution in [-0.4, -0.2) is 41.5 Å². The zero-order valence-corrected chi connectivity index (χ0v) is 19.4. The van der Waals surface area contributed by atoms with Crippen LogP contribution < -0.4 is 16.8 Å². The quantitative estimate of drug-likeness (QED) is 0.594. The number of carbonyl (C=O) groups is 3. The molecule has 2 aromatic carbocycles. The van der Waals surface area contributed by atoms with Crippen molar-refractivity contribution in [1.82, 2.24) is 4.90 Å². The Hall–Kier alpha value is -3.55. The first-order valence-corrected chi connectivity index (χ1v) is 11.1. The van der Waals surface area contributed by atoms with Crippen LogP contribution in [0.15, 0.2) is 42.5 Å². The molecule has 3 amide bonds. The number of hydrogen-bond donors (Lipinski definition) is 3. The van der Waals surface area contributed by atoms with E-state index in [4.69, 9.17) is 16.2 Å². The first-order chi connectivity index (χ1) is 15.5. The van der Waals surface area contributed by atoms with Crippen molar-refractivity contribution in [1.29, 1.82) is 0 Å². The molecule has 5 N–H and O–H groups in total. The van der Waals surface area contributed by atoms with Gasteiger partial charge < -0.3 is 26.4 Å². The first-order valence-electron chi connectivity index (χ1n) is 11.1. The molecule has 0 atom stereocenters. The molecule has 2 aromatic rings. The van der Waals surface area contributed by atoms with Crippen molar-refractivity contribution in [2.24, 2.45) is 11.7 Å². The van der Waals surface area contributed by atoms with Crippen LogP contribution in [0.1, 0.15) is 59.9 Å². The fourth-order valence-corrected chi connectivity index (χ4v) is 3.86. The van der Waals surface area contributed by atoms with Crippen LogP contribution >= 0.6 is 0 Å². The van der Waals surface area contributed by atoms with Gasteiger partial charge in [-0.3, -0.25) is 9.59 Å². The third-order valence-corrected chi connectivity index (χ3v) is 5.63. The Morgan fingerprint density at radius 3 is 2.27 bits per heavy atom. The van der Waals surface area contributed by atoms with Gasteiger partial charge in [-0.25, -0.2) is 4.79 Å². The summed E-state index contributed by atoms with van der Waals surface area (Å²) >= 11 is 0. The summed E-state index contributed by atoms with van der Waals surface area (Å²) in [5, 5.41) is 2.73. The summed E-state index contributed by atoms with van der Waals surface area (Å²) in [5.74, 6) is -0.495. The Labute approximate surface area is 194 Å². The first kappa shape index (κ1) is 24.1. The molecule has 0 aromatic heterocycles. The number of nitrogens with zero attached hydrogens (tertiary/aromatic N) is 1. The largest absolute Gasteiger partial charge is 0.444 e. The van der Waals surface area contributed by atoms with E-state index in [0.29, 0.717) is 30.3 Å². The van der Waals surface area contributed by atoms with Crippen molar-refractivity contribution >= 4 is 29.3 Å². The van der Waals surface area contributed by atoms with Gasteiger partial charge in [0.25, 0.3) is 11.8 Å². The lowest BCUT2D eigenvalue weighted by molar-refractivity contribution is 0.0184. The van der Waals surface area contributed by atoms with Crippen LogP contribution in [-0.2, 0) is 11.2 Å². The van der Waals surface area contributed by atoms with Crippen molar-refractivity contribution in [2.45, 2.75) is 45.6 Å². The molecule has 176 valence electrons. The Morgan fingerprint density at radius 1 is 1.06 bits per heavy atom. The number of primary amides is 1. The van der Waals surface area contributed by atoms with Crippen LogP contribution in [0.2, 0.25) is 0 Å². The number of nitrogens with two attached hydrogens (primary N) is 2. The van der Waals surface area contributed by atoms with Crippen LogP contribution in [0.25, 0.3) is 0 Å². The molecule has 0 unspecified atom stereocenters. The van der Waals surface area contributed by atoms with E-state index < -0.39 is 11.5 Å². The van der Waals surface area contributed by atoms with E-state index in [1.165, 1.54) is 6.07 Å². The fraction of sp³-hybridized carbons (Fsp3) is 0.400. The molecule has 0 saturated carbocycles. The molecule has 0 radical (unpaired) electrons. The van der Waals surface area contributed by atoms with Crippen molar-refractivity contribution in [2.75, 3.05) is 24.1 Å². The number of hydrogen-bond acceptors (Lipinski definition) is 5. The maximum absolute atomic E-state index is 12.6. The number of rotatable bonds is 5. The molecule has 8 nitrogen and oxygen atoms in total. The summed E-state index contributed by atoms with van der Waals surface area (Å²) in [6.07, 6.45) is 2.46. The van der Waals surface area contributed by atoms with E-state index >= 15 is 0 Å². The Kier molecular flexibility index (Phi) is 7.26. The minimum absolute atomic E-state index is 0.146. The average molecular weight is 453 g/mol. The van der Waals surface area contributed by atoms with Gasteiger partial charge in [-0.2, -0.15) is 0 Å². The molecule has 1 aliphatic heterocycles. The van der Waals surface area contributed by atoms with Crippen LogP contribution in [0.3, 0.4) is 0 Å². The summed E-state index contributed by atoms with van der Waals surface area (Å²) < 4.78 is 5.45. The van der Waals surface area contributed by atoms with Crippen LogP contribution in [0.4, 0.5) is 16.2 Å². The topological polar surface area (TPSA) is 128 Å². The van der Waals surface area contributed by atoms with Crippen molar-refractivity contribution in [3.8, 4) is 0 Å². The smallest absolute Gasteiger partial charge is 0.410 e. The van der Waals surface area contributed by atoms with Gasteiger partial charge in [-0.05, 0) is 75.8 Å². The van der Waals surface area contributed by atoms with Crippen molar-refractivity contribution in [3.05, 3.63) is 59.2 Å². The van der Waals surface area contributed by atoms with Crippen molar-refractivity contribution < 1.29 is 19.1 Å². The highest BCUT2D eigenvalue weighted by Gasteiger charge is 2.27. The van der Waals surface area contributed by atoms with Gasteiger partial charge >= 0.3 is 6.09 Å². The highest BCUT2D eigenvalue weighted by molar-refractivity contribution is 6.08. The second-order valence-corrected chi connectivity index (χ2v) is 9.40. The van der Waals surface area contributed by atoms with Crippen LogP contribution in [0, 0.1) is 5.92 Å². The summed E-state index contributed by atoms with van der Waals surface area (Å²) in [5.41, 5.74) is 13.1. The van der Waals surface area contributed by atoms with Gasteiger partial charge in [-0.15, -0.1) is 0 Å². The predicted octanol–water partition coefficient (Wildman–Crippen LogP) is 3.81. The van der Waals surface area contributed by atoms with Gasteiger partial charge in [0.05, 0.1) is 16.9 Å². The Bertz CT molecular complexity index is 1020. The van der Waals surface area contributed by atoms with Gasteiger partial charge in [0.15, 0.2) is 0 Å². The number of para-hydroxylation sites is 1. The molecular formula is C25H32N4O4.